The van der Waals surface area contributed by atoms with Crippen molar-refractivity contribution in [3.63, 3.8) is 0 Å². The zero-order valence-electron chi connectivity index (χ0n) is 11.3. The highest BCUT2D eigenvalue weighted by Gasteiger charge is 2.24. The van der Waals surface area contributed by atoms with Crippen LogP contribution in [0, 0.1) is 0 Å². The maximum Gasteiger partial charge on any atom is 0.0703 e. The van der Waals surface area contributed by atoms with Crippen LogP contribution < -0.4 is 0 Å². The number of methoxy groups -OCH3 is 1. The van der Waals surface area contributed by atoms with Gasteiger partial charge in [-0.25, -0.2) is 0 Å². The molecule has 5 nitrogen and oxygen atoms in total. The van der Waals surface area contributed by atoms with Crippen LogP contribution in [0.5, 0.6) is 0 Å². The molecule has 0 unspecified atom stereocenters. The molecule has 0 bridgehead atoms. The van der Waals surface area contributed by atoms with Crippen LogP contribution in [0.1, 0.15) is 13.8 Å². The Morgan fingerprint density at radius 3 is 1.72 bits per heavy atom. The maximum atomic E-state index is 5.65. The van der Waals surface area contributed by atoms with E-state index < -0.39 is 5.54 Å². The second kappa shape index (κ2) is 11.2. The van der Waals surface area contributed by atoms with Crippen molar-refractivity contribution in [3.8, 4) is 0 Å². The normalized spacial score (nSPS) is 12.3. The molecule has 0 aliphatic rings. The monoisotopic (exact) mass is 303 g/mol. The molecule has 0 spiro atoms. The first-order valence-corrected chi connectivity index (χ1v) is 6.52. The van der Waals surface area contributed by atoms with Crippen LogP contribution in [0.3, 0.4) is 0 Å². The Hall–Kier alpha value is 0.380. The molecule has 0 N–H and O–H groups in total. The highest BCUT2D eigenvalue weighted by Crippen LogP contribution is 2.19. The zero-order chi connectivity index (χ0) is 13.9. The first-order valence-electron chi connectivity index (χ1n) is 5.84. The van der Waals surface area contributed by atoms with Crippen molar-refractivity contribution in [1.29, 1.82) is 0 Å². The summed E-state index contributed by atoms with van der Waals surface area (Å²) >= 11 is 11.3. The molecule has 0 saturated heterocycles. The van der Waals surface area contributed by atoms with Gasteiger partial charge in [0.25, 0.3) is 0 Å². The standard InChI is InChI=1S/C11H23Cl2NO4/c1-11(2,14(12)13)10-18-9-8-17-7-6-16-5-4-15-3/h4-10H2,1-3H3. The van der Waals surface area contributed by atoms with Crippen LogP contribution in [-0.4, -0.2) is 62.8 Å². The van der Waals surface area contributed by atoms with Crippen LogP contribution in [0.2, 0.25) is 0 Å². The number of nitrogens with zero attached hydrogens (tertiary/aromatic N) is 1. The summed E-state index contributed by atoms with van der Waals surface area (Å²) in [5.41, 5.74) is -0.410. The van der Waals surface area contributed by atoms with Crippen LogP contribution in [0.25, 0.3) is 0 Å². The molecule has 18 heavy (non-hydrogen) atoms. The van der Waals surface area contributed by atoms with E-state index in [1.165, 1.54) is 0 Å². The molecule has 0 aromatic rings. The predicted octanol–water partition coefficient (Wildman–Crippen LogP) is 2.07. The minimum absolute atomic E-state index is 0.410. The van der Waals surface area contributed by atoms with Gasteiger partial charge < -0.3 is 18.9 Å². The predicted molar refractivity (Wildman–Crippen MR) is 72.0 cm³/mol. The van der Waals surface area contributed by atoms with E-state index in [4.69, 9.17) is 42.5 Å². The van der Waals surface area contributed by atoms with Gasteiger partial charge in [-0.2, -0.15) is 0 Å². The average molecular weight is 304 g/mol. The van der Waals surface area contributed by atoms with E-state index in [-0.39, 0.29) is 0 Å². The Bertz CT molecular complexity index is 194. The van der Waals surface area contributed by atoms with Gasteiger partial charge in [0.05, 0.1) is 51.8 Å². The van der Waals surface area contributed by atoms with Crippen LogP contribution >= 0.6 is 23.6 Å². The Morgan fingerprint density at radius 2 is 1.28 bits per heavy atom. The third kappa shape index (κ3) is 10.3. The van der Waals surface area contributed by atoms with Gasteiger partial charge in [0.15, 0.2) is 0 Å². The minimum atomic E-state index is -0.410. The number of ether oxygens (including phenoxy) is 4. The van der Waals surface area contributed by atoms with Crippen LogP contribution in [0.4, 0.5) is 0 Å². The van der Waals surface area contributed by atoms with E-state index >= 15 is 0 Å². The summed E-state index contributed by atoms with van der Waals surface area (Å²) in [5.74, 6) is 0. The lowest BCUT2D eigenvalue weighted by atomic mass is 10.1. The summed E-state index contributed by atoms with van der Waals surface area (Å²) in [6, 6.07) is 0. The molecule has 0 saturated carbocycles. The SMILES string of the molecule is COCCOCCOCCOCC(C)(C)N(Cl)Cl. The Kier molecular flexibility index (Phi) is 11.5. The topological polar surface area (TPSA) is 40.2 Å². The quantitative estimate of drug-likeness (QED) is 0.408. The highest BCUT2D eigenvalue weighted by atomic mass is 35.5. The van der Waals surface area contributed by atoms with Gasteiger partial charge >= 0.3 is 0 Å². The van der Waals surface area contributed by atoms with Gasteiger partial charge in [0.1, 0.15) is 0 Å². The third-order valence-corrected chi connectivity index (χ3v) is 3.00. The fraction of sp³-hybridized carbons (Fsp3) is 1.00. The van der Waals surface area contributed by atoms with E-state index in [2.05, 4.69) is 0 Å². The summed E-state index contributed by atoms with van der Waals surface area (Å²) in [6.45, 7) is 7.54. The molecule has 0 aliphatic carbocycles. The van der Waals surface area contributed by atoms with Gasteiger partial charge in [-0.1, -0.05) is 0 Å². The molecule has 0 aromatic heterocycles. The second-order valence-corrected chi connectivity index (χ2v) is 5.16. The van der Waals surface area contributed by atoms with Crippen molar-refractivity contribution < 1.29 is 18.9 Å². The van der Waals surface area contributed by atoms with Crippen molar-refractivity contribution in [2.45, 2.75) is 19.4 Å². The largest absolute Gasteiger partial charge is 0.382 e. The third-order valence-electron chi connectivity index (χ3n) is 2.09. The van der Waals surface area contributed by atoms with E-state index in [9.17, 15) is 0 Å². The van der Waals surface area contributed by atoms with Crippen LogP contribution in [-0.2, 0) is 18.9 Å². The van der Waals surface area contributed by atoms with E-state index in [0.29, 0.717) is 46.2 Å². The maximum absolute atomic E-state index is 5.65. The number of hydrogen-bond acceptors (Lipinski definition) is 5. The van der Waals surface area contributed by atoms with Gasteiger partial charge in [-0.05, 0) is 37.4 Å². The molecular formula is C11H23Cl2NO4. The zero-order valence-corrected chi connectivity index (χ0v) is 12.8. The molecule has 0 atom stereocenters. The van der Waals surface area contributed by atoms with E-state index in [1.807, 2.05) is 13.8 Å². The number of hydrogen-bond donors (Lipinski definition) is 0. The lowest BCUT2D eigenvalue weighted by Gasteiger charge is -2.26. The minimum Gasteiger partial charge on any atom is -0.382 e. The molecule has 0 fully saturated rings. The van der Waals surface area contributed by atoms with Gasteiger partial charge in [-0.3, -0.25) is 0 Å². The molecule has 110 valence electrons. The molecular weight excluding hydrogens is 281 g/mol. The van der Waals surface area contributed by atoms with Gasteiger partial charge in [-0.15, -0.1) is 3.94 Å². The molecule has 0 rings (SSSR count). The molecule has 0 amide bonds. The summed E-state index contributed by atoms with van der Waals surface area (Å²) in [6.07, 6.45) is 0. The summed E-state index contributed by atoms with van der Waals surface area (Å²) in [7, 11) is 1.64. The van der Waals surface area contributed by atoms with Crippen molar-refractivity contribution in [3.05, 3.63) is 0 Å². The molecule has 0 radical (unpaired) electrons. The lowest BCUT2D eigenvalue weighted by molar-refractivity contribution is -0.00642. The Balaban J connectivity index is 3.21. The first-order chi connectivity index (χ1) is 8.50. The Morgan fingerprint density at radius 1 is 0.833 bits per heavy atom. The lowest BCUT2D eigenvalue weighted by Crippen LogP contribution is -2.36. The molecule has 0 aromatic carbocycles. The molecule has 7 heteroatoms. The number of rotatable bonds is 12. The van der Waals surface area contributed by atoms with Gasteiger partial charge in [0, 0.05) is 7.11 Å². The average Bonchev–Trinajstić information content (AvgIpc) is 2.31. The molecule has 0 aliphatic heterocycles. The highest BCUT2D eigenvalue weighted by molar-refractivity contribution is 6.34. The second-order valence-electron chi connectivity index (χ2n) is 4.32. The first kappa shape index (κ1) is 18.4. The van der Waals surface area contributed by atoms with Crippen molar-refractivity contribution >= 4 is 23.6 Å². The van der Waals surface area contributed by atoms with Crippen molar-refractivity contribution in [2.24, 2.45) is 0 Å². The fourth-order valence-electron chi connectivity index (χ4n) is 0.953. The number of halogens is 2. The van der Waals surface area contributed by atoms with Crippen molar-refractivity contribution in [1.82, 2.24) is 3.94 Å². The van der Waals surface area contributed by atoms with E-state index in [1.54, 1.807) is 7.11 Å². The molecule has 0 heterocycles. The summed E-state index contributed by atoms with van der Waals surface area (Å²) in [5, 5.41) is 0. The van der Waals surface area contributed by atoms with E-state index in [0.717, 1.165) is 3.94 Å². The van der Waals surface area contributed by atoms with Crippen molar-refractivity contribution in [2.75, 3.05) is 53.4 Å². The summed E-state index contributed by atoms with van der Waals surface area (Å²) in [4.78, 5) is 0. The van der Waals surface area contributed by atoms with Gasteiger partial charge in [0.2, 0.25) is 0 Å². The Labute approximate surface area is 119 Å². The van der Waals surface area contributed by atoms with Crippen LogP contribution in [0.15, 0.2) is 0 Å². The smallest absolute Gasteiger partial charge is 0.0703 e. The summed E-state index contributed by atoms with van der Waals surface area (Å²) < 4.78 is 21.9. The fourth-order valence-corrected chi connectivity index (χ4v) is 1.05.